The number of rotatable bonds is 5. The predicted octanol–water partition coefficient (Wildman–Crippen LogP) is 1.58. The lowest BCUT2D eigenvalue weighted by Gasteiger charge is -2.16. The van der Waals surface area contributed by atoms with E-state index in [0.717, 1.165) is 10.5 Å². The zero-order chi connectivity index (χ0) is 15.6. The molecule has 1 heterocycles. The van der Waals surface area contributed by atoms with Gasteiger partial charge >= 0.3 is 5.97 Å². The summed E-state index contributed by atoms with van der Waals surface area (Å²) < 4.78 is 25.8. The third-order valence-electron chi connectivity index (χ3n) is 2.80. The lowest BCUT2D eigenvalue weighted by Crippen LogP contribution is -2.28. The molecule has 0 aliphatic carbocycles. The van der Waals surface area contributed by atoms with Crippen molar-refractivity contribution in [3.05, 3.63) is 46.6 Å². The number of benzene rings is 1. The molecule has 0 fully saturated rings. The van der Waals surface area contributed by atoms with Crippen LogP contribution < -0.4 is 0 Å². The van der Waals surface area contributed by atoms with Crippen molar-refractivity contribution < 1.29 is 18.3 Å². The number of sulfonamides is 1. The van der Waals surface area contributed by atoms with Crippen LogP contribution in [-0.4, -0.2) is 41.0 Å². The zero-order valence-corrected chi connectivity index (χ0v) is 12.5. The largest absolute Gasteiger partial charge is 0.478 e. The fourth-order valence-corrected chi connectivity index (χ4v) is 3.19. The summed E-state index contributed by atoms with van der Waals surface area (Å²) in [7, 11) is -2.64. The summed E-state index contributed by atoms with van der Waals surface area (Å²) in [5.41, 5.74) is 0.290. The van der Waals surface area contributed by atoms with Crippen molar-refractivity contribution in [3.63, 3.8) is 0 Å². The summed E-state index contributed by atoms with van der Waals surface area (Å²) in [5.74, 6) is -1.36. The van der Waals surface area contributed by atoms with Crippen LogP contribution in [0.5, 0.6) is 0 Å². The number of aromatic amines is 1. The van der Waals surface area contributed by atoms with E-state index in [1.807, 2.05) is 0 Å². The molecule has 0 bridgehead atoms. The van der Waals surface area contributed by atoms with Crippen molar-refractivity contribution in [2.75, 3.05) is 7.05 Å². The Morgan fingerprint density at radius 2 is 2.19 bits per heavy atom. The van der Waals surface area contributed by atoms with Gasteiger partial charge in [-0.2, -0.15) is 9.40 Å². The molecule has 0 radical (unpaired) electrons. The van der Waals surface area contributed by atoms with Crippen molar-refractivity contribution in [1.82, 2.24) is 14.5 Å². The highest BCUT2D eigenvalue weighted by atomic mass is 35.5. The van der Waals surface area contributed by atoms with Gasteiger partial charge in [0.05, 0.1) is 6.20 Å². The van der Waals surface area contributed by atoms with Gasteiger partial charge in [0.25, 0.3) is 10.0 Å². The Morgan fingerprint density at radius 3 is 2.81 bits per heavy atom. The highest BCUT2D eigenvalue weighted by Gasteiger charge is 2.28. The van der Waals surface area contributed by atoms with Gasteiger partial charge in [0.2, 0.25) is 0 Å². The third kappa shape index (κ3) is 3.23. The summed E-state index contributed by atoms with van der Waals surface area (Å²) in [4.78, 5) is 11.0. The van der Waals surface area contributed by atoms with Gasteiger partial charge < -0.3 is 5.11 Å². The Morgan fingerprint density at radius 1 is 1.48 bits per heavy atom. The minimum Gasteiger partial charge on any atom is -0.478 e. The van der Waals surface area contributed by atoms with Crippen LogP contribution in [0.3, 0.4) is 0 Å². The maximum Gasteiger partial charge on any atom is 0.340 e. The second-order valence-corrected chi connectivity index (χ2v) is 6.73. The molecule has 9 heteroatoms. The van der Waals surface area contributed by atoms with Gasteiger partial charge in [0.15, 0.2) is 5.03 Å². The van der Waals surface area contributed by atoms with E-state index in [1.54, 1.807) is 24.3 Å². The lowest BCUT2D eigenvalue weighted by molar-refractivity contribution is 0.0692. The molecule has 2 aromatic rings. The lowest BCUT2D eigenvalue weighted by atomic mass is 10.2. The van der Waals surface area contributed by atoms with Gasteiger partial charge in [-0.3, -0.25) is 5.10 Å². The summed E-state index contributed by atoms with van der Waals surface area (Å²) in [5, 5.41) is 14.7. The van der Waals surface area contributed by atoms with E-state index in [1.165, 1.54) is 7.05 Å². The topological polar surface area (TPSA) is 103 Å². The van der Waals surface area contributed by atoms with E-state index in [0.29, 0.717) is 10.6 Å². The Balaban J connectivity index is 2.31. The SMILES string of the molecule is CN(Cc1cccc(Cl)c1)S(=O)(=O)c1[nH]ncc1C(=O)O. The number of nitrogens with zero attached hydrogens (tertiary/aromatic N) is 2. The van der Waals surface area contributed by atoms with Gasteiger partial charge in [-0.05, 0) is 17.7 Å². The molecule has 1 aromatic heterocycles. The second-order valence-electron chi connectivity index (χ2n) is 4.31. The molecular weight excluding hydrogens is 318 g/mol. The molecule has 112 valence electrons. The average molecular weight is 330 g/mol. The fraction of sp³-hybridized carbons (Fsp3) is 0.167. The molecule has 0 aliphatic rings. The second kappa shape index (κ2) is 5.84. The van der Waals surface area contributed by atoms with E-state index in [4.69, 9.17) is 16.7 Å². The van der Waals surface area contributed by atoms with Crippen LogP contribution in [0.4, 0.5) is 0 Å². The number of nitrogens with one attached hydrogen (secondary N) is 1. The van der Waals surface area contributed by atoms with Crippen molar-refractivity contribution >= 4 is 27.6 Å². The molecule has 7 nitrogen and oxygen atoms in total. The van der Waals surface area contributed by atoms with Crippen molar-refractivity contribution in [3.8, 4) is 0 Å². The quantitative estimate of drug-likeness (QED) is 0.866. The average Bonchev–Trinajstić information content (AvgIpc) is 2.88. The highest BCUT2D eigenvalue weighted by Crippen LogP contribution is 2.19. The number of hydrogen-bond donors (Lipinski definition) is 2. The van der Waals surface area contributed by atoms with E-state index in [9.17, 15) is 13.2 Å². The number of carboxylic acids is 1. The number of carbonyl (C=O) groups is 1. The van der Waals surface area contributed by atoms with Crippen LogP contribution in [-0.2, 0) is 16.6 Å². The first-order valence-corrected chi connectivity index (χ1v) is 7.61. The smallest absolute Gasteiger partial charge is 0.340 e. The number of aromatic carboxylic acids is 1. The highest BCUT2D eigenvalue weighted by molar-refractivity contribution is 7.89. The van der Waals surface area contributed by atoms with Gasteiger partial charge in [-0.15, -0.1) is 0 Å². The molecule has 0 saturated heterocycles. The predicted molar refractivity (Wildman–Crippen MR) is 75.7 cm³/mol. The number of halogens is 1. The van der Waals surface area contributed by atoms with E-state index in [-0.39, 0.29) is 6.54 Å². The van der Waals surface area contributed by atoms with E-state index >= 15 is 0 Å². The van der Waals surface area contributed by atoms with Crippen LogP contribution in [0.25, 0.3) is 0 Å². The monoisotopic (exact) mass is 329 g/mol. The summed E-state index contributed by atoms with van der Waals surface area (Å²) in [6.45, 7) is 0.0565. The standard InChI is InChI=1S/C12H12ClN3O4S/c1-16(7-8-3-2-4-9(13)5-8)21(19,20)11-10(12(17)18)6-14-15-11/h2-6H,7H2,1H3,(H,14,15)(H,17,18). The molecule has 0 unspecified atom stereocenters. The molecular formula is C12H12ClN3O4S. The molecule has 2 N–H and O–H groups in total. The first-order valence-electron chi connectivity index (χ1n) is 5.80. The molecule has 0 amide bonds. The minimum atomic E-state index is -3.99. The summed E-state index contributed by atoms with van der Waals surface area (Å²) >= 11 is 5.85. The Hall–Kier alpha value is -1.90. The van der Waals surface area contributed by atoms with Crippen molar-refractivity contribution in [1.29, 1.82) is 0 Å². The molecule has 0 atom stereocenters. The van der Waals surface area contributed by atoms with Crippen LogP contribution in [0.2, 0.25) is 5.02 Å². The fourth-order valence-electron chi connectivity index (χ4n) is 1.76. The Kier molecular flexibility index (Phi) is 4.31. The number of hydrogen-bond acceptors (Lipinski definition) is 4. The maximum atomic E-state index is 12.4. The van der Waals surface area contributed by atoms with Gasteiger partial charge in [0, 0.05) is 18.6 Å². The molecule has 1 aromatic carbocycles. The first-order chi connectivity index (χ1) is 9.82. The Bertz CT molecular complexity index is 772. The van der Waals surface area contributed by atoms with Gasteiger partial charge in [-0.1, -0.05) is 23.7 Å². The molecule has 21 heavy (non-hydrogen) atoms. The Labute approximate surface area is 126 Å². The van der Waals surface area contributed by atoms with Crippen LogP contribution in [0.1, 0.15) is 15.9 Å². The van der Waals surface area contributed by atoms with E-state index in [2.05, 4.69) is 10.2 Å². The normalized spacial score (nSPS) is 11.8. The van der Waals surface area contributed by atoms with E-state index < -0.39 is 26.6 Å². The number of H-pyrrole nitrogens is 1. The zero-order valence-electron chi connectivity index (χ0n) is 10.9. The molecule has 2 rings (SSSR count). The molecule has 0 saturated carbocycles. The number of carboxylic acid groups (broad SMARTS) is 1. The van der Waals surface area contributed by atoms with Crippen molar-refractivity contribution in [2.45, 2.75) is 11.6 Å². The summed E-state index contributed by atoms with van der Waals surface area (Å²) in [6, 6.07) is 6.75. The van der Waals surface area contributed by atoms with Crippen LogP contribution in [0.15, 0.2) is 35.5 Å². The maximum absolute atomic E-state index is 12.4. The van der Waals surface area contributed by atoms with Gasteiger partial charge in [-0.25, -0.2) is 13.2 Å². The first kappa shape index (κ1) is 15.5. The number of aromatic nitrogens is 2. The van der Waals surface area contributed by atoms with Crippen molar-refractivity contribution in [2.24, 2.45) is 0 Å². The third-order valence-corrected chi connectivity index (χ3v) is 4.81. The molecule has 0 spiro atoms. The van der Waals surface area contributed by atoms with Gasteiger partial charge in [0.1, 0.15) is 5.56 Å². The van der Waals surface area contributed by atoms with Crippen LogP contribution >= 0.6 is 11.6 Å². The van der Waals surface area contributed by atoms with Crippen LogP contribution in [0, 0.1) is 0 Å². The minimum absolute atomic E-state index is 0.0565. The molecule has 0 aliphatic heterocycles. The summed E-state index contributed by atoms with van der Waals surface area (Å²) in [6.07, 6.45) is 0.961.